The van der Waals surface area contributed by atoms with E-state index in [1.807, 2.05) is 0 Å². The van der Waals surface area contributed by atoms with Gasteiger partial charge in [0.05, 0.1) is 11.3 Å². The van der Waals surface area contributed by atoms with Gasteiger partial charge >= 0.3 is 6.61 Å². The minimum atomic E-state index is -3.63. The fraction of sp³-hybridized carbons (Fsp3) is 0.278. The van der Waals surface area contributed by atoms with Crippen LogP contribution in [0.15, 0.2) is 47.4 Å². The molecule has 2 aromatic rings. The van der Waals surface area contributed by atoms with Crippen molar-refractivity contribution in [3.05, 3.63) is 53.6 Å². The Morgan fingerprint density at radius 2 is 1.78 bits per heavy atom. The molecule has 146 valence electrons. The Hall–Kier alpha value is -2.52. The van der Waals surface area contributed by atoms with Gasteiger partial charge in [-0.05, 0) is 42.3 Å². The Kier molecular flexibility index (Phi) is 6.50. The lowest BCUT2D eigenvalue weighted by Crippen LogP contribution is -2.23. The summed E-state index contributed by atoms with van der Waals surface area (Å²) in [7, 11) is -0.769. The van der Waals surface area contributed by atoms with Crippen molar-refractivity contribution in [3.8, 4) is 5.75 Å². The molecule has 0 atom stereocenters. The van der Waals surface area contributed by atoms with E-state index in [2.05, 4.69) is 10.1 Å². The van der Waals surface area contributed by atoms with Crippen LogP contribution in [0.3, 0.4) is 0 Å². The van der Waals surface area contributed by atoms with Crippen LogP contribution in [0.5, 0.6) is 5.75 Å². The largest absolute Gasteiger partial charge is 0.435 e. The lowest BCUT2D eigenvalue weighted by molar-refractivity contribution is -0.115. The number of carbonyl (C=O) groups is 1. The smallest absolute Gasteiger partial charge is 0.387 e. The molecule has 6 nitrogen and oxygen atoms in total. The Morgan fingerprint density at radius 1 is 1.15 bits per heavy atom. The number of nitrogens with zero attached hydrogens (tertiary/aromatic N) is 1. The van der Waals surface area contributed by atoms with Gasteiger partial charge in [-0.2, -0.15) is 8.78 Å². The number of alkyl halides is 2. The zero-order valence-electron chi connectivity index (χ0n) is 15.1. The number of ether oxygens (including phenoxy) is 1. The van der Waals surface area contributed by atoms with Crippen LogP contribution in [0.1, 0.15) is 11.1 Å². The minimum absolute atomic E-state index is 0.00139. The van der Waals surface area contributed by atoms with Crippen LogP contribution in [0, 0.1) is 6.92 Å². The molecule has 0 aliphatic heterocycles. The maximum Gasteiger partial charge on any atom is 0.387 e. The van der Waals surface area contributed by atoms with E-state index in [9.17, 15) is 22.0 Å². The van der Waals surface area contributed by atoms with Crippen molar-refractivity contribution in [3.63, 3.8) is 0 Å². The van der Waals surface area contributed by atoms with Crippen molar-refractivity contribution in [2.24, 2.45) is 0 Å². The summed E-state index contributed by atoms with van der Waals surface area (Å²) >= 11 is 0. The highest BCUT2D eigenvalue weighted by Gasteiger charge is 2.20. The number of rotatable bonds is 7. The van der Waals surface area contributed by atoms with Crippen LogP contribution in [-0.2, 0) is 21.2 Å². The molecule has 0 saturated carbocycles. The van der Waals surface area contributed by atoms with Crippen LogP contribution in [0.25, 0.3) is 0 Å². The zero-order chi connectivity index (χ0) is 20.2. The van der Waals surface area contributed by atoms with Crippen molar-refractivity contribution >= 4 is 21.6 Å². The van der Waals surface area contributed by atoms with Gasteiger partial charge < -0.3 is 10.1 Å². The number of carbonyl (C=O) groups excluding carboxylic acids is 1. The highest BCUT2D eigenvalue weighted by Crippen LogP contribution is 2.23. The normalized spacial score (nSPS) is 11.7. The van der Waals surface area contributed by atoms with E-state index in [0.717, 1.165) is 4.31 Å². The summed E-state index contributed by atoms with van der Waals surface area (Å²) in [5, 5.41) is 2.64. The average molecular weight is 398 g/mol. The summed E-state index contributed by atoms with van der Waals surface area (Å²) in [5.41, 5.74) is 1.52. The molecule has 0 saturated heterocycles. The number of halogens is 2. The number of sulfonamides is 1. The molecule has 1 N–H and O–H groups in total. The number of anilines is 1. The van der Waals surface area contributed by atoms with Gasteiger partial charge in [-0.15, -0.1) is 0 Å². The van der Waals surface area contributed by atoms with Crippen LogP contribution in [0.2, 0.25) is 0 Å². The van der Waals surface area contributed by atoms with E-state index in [-0.39, 0.29) is 23.0 Å². The number of hydrogen-bond acceptors (Lipinski definition) is 4. The van der Waals surface area contributed by atoms with Gasteiger partial charge in [0, 0.05) is 19.8 Å². The topological polar surface area (TPSA) is 75.7 Å². The van der Waals surface area contributed by atoms with Gasteiger partial charge in [0.25, 0.3) is 0 Å². The lowest BCUT2D eigenvalue weighted by atomic mass is 10.1. The van der Waals surface area contributed by atoms with Gasteiger partial charge in [-0.3, -0.25) is 4.79 Å². The SMILES string of the molecule is Cc1ccc(NC(=O)Cc2ccc(OC(F)F)cc2)cc1S(=O)(=O)N(C)C. The maximum absolute atomic E-state index is 12.3. The highest BCUT2D eigenvalue weighted by atomic mass is 32.2. The summed E-state index contributed by atoms with van der Waals surface area (Å²) in [4.78, 5) is 12.3. The molecule has 0 bridgehead atoms. The third-order valence-corrected chi connectivity index (χ3v) is 5.70. The second-order valence-corrected chi connectivity index (χ2v) is 8.14. The third-order valence-electron chi connectivity index (χ3n) is 3.74. The molecule has 2 aromatic carbocycles. The molecule has 0 aliphatic rings. The number of hydrogen-bond donors (Lipinski definition) is 1. The molecule has 1 amide bonds. The fourth-order valence-corrected chi connectivity index (χ4v) is 3.48. The molecule has 27 heavy (non-hydrogen) atoms. The van der Waals surface area contributed by atoms with E-state index in [1.54, 1.807) is 19.1 Å². The van der Waals surface area contributed by atoms with Gasteiger partial charge in [-0.25, -0.2) is 12.7 Å². The first-order valence-electron chi connectivity index (χ1n) is 7.96. The molecule has 0 aromatic heterocycles. The second kappa shape index (κ2) is 8.45. The van der Waals surface area contributed by atoms with Crippen molar-refractivity contribution in [2.75, 3.05) is 19.4 Å². The average Bonchev–Trinajstić information content (AvgIpc) is 2.57. The van der Waals surface area contributed by atoms with Crippen LogP contribution in [0.4, 0.5) is 14.5 Å². The molecular formula is C18H20F2N2O4S. The Bertz CT molecular complexity index is 913. The fourth-order valence-electron chi connectivity index (χ4n) is 2.33. The van der Waals surface area contributed by atoms with Crippen molar-refractivity contribution < 1.29 is 26.7 Å². The first-order chi connectivity index (χ1) is 12.6. The standard InChI is InChI=1S/C18H20F2N2O4S/c1-12-4-7-14(11-16(12)27(24,25)22(2)3)21-17(23)10-13-5-8-15(9-6-13)26-18(19)20/h4-9,11,18H,10H2,1-3H3,(H,21,23). The van der Waals surface area contributed by atoms with E-state index in [1.165, 1.54) is 44.4 Å². The monoisotopic (exact) mass is 398 g/mol. The second-order valence-electron chi connectivity index (χ2n) is 6.02. The molecule has 0 heterocycles. The van der Waals surface area contributed by atoms with E-state index in [0.29, 0.717) is 16.8 Å². The molecule has 0 radical (unpaired) electrons. The first-order valence-corrected chi connectivity index (χ1v) is 9.40. The van der Waals surface area contributed by atoms with Gasteiger partial charge in [-0.1, -0.05) is 18.2 Å². The number of nitrogens with one attached hydrogen (secondary N) is 1. The summed E-state index contributed by atoms with van der Waals surface area (Å²) in [6, 6.07) is 10.3. The number of amides is 1. The zero-order valence-corrected chi connectivity index (χ0v) is 15.9. The third kappa shape index (κ3) is 5.48. The van der Waals surface area contributed by atoms with E-state index in [4.69, 9.17) is 0 Å². The van der Waals surface area contributed by atoms with E-state index >= 15 is 0 Å². The highest BCUT2D eigenvalue weighted by molar-refractivity contribution is 7.89. The van der Waals surface area contributed by atoms with Gasteiger partial charge in [0.2, 0.25) is 15.9 Å². The number of benzene rings is 2. The molecule has 0 unspecified atom stereocenters. The summed E-state index contributed by atoms with van der Waals surface area (Å²) < 4.78 is 54.3. The molecular weight excluding hydrogens is 378 g/mol. The molecule has 0 aliphatic carbocycles. The Labute approximate surface area is 156 Å². The lowest BCUT2D eigenvalue weighted by Gasteiger charge is -2.15. The number of aryl methyl sites for hydroxylation is 1. The molecule has 2 rings (SSSR count). The van der Waals surface area contributed by atoms with Gasteiger partial charge in [0.1, 0.15) is 5.75 Å². The van der Waals surface area contributed by atoms with Gasteiger partial charge in [0.15, 0.2) is 0 Å². The van der Waals surface area contributed by atoms with Crippen LogP contribution >= 0.6 is 0 Å². The quantitative estimate of drug-likeness (QED) is 0.778. The van der Waals surface area contributed by atoms with Crippen LogP contribution < -0.4 is 10.1 Å². The summed E-state index contributed by atoms with van der Waals surface area (Å²) in [5.74, 6) is -0.360. The molecule has 9 heteroatoms. The van der Waals surface area contributed by atoms with Crippen molar-refractivity contribution in [1.82, 2.24) is 4.31 Å². The predicted molar refractivity (Wildman–Crippen MR) is 97.5 cm³/mol. The van der Waals surface area contributed by atoms with E-state index < -0.39 is 16.6 Å². The predicted octanol–water partition coefficient (Wildman–Crippen LogP) is 3.03. The summed E-state index contributed by atoms with van der Waals surface area (Å²) in [6.45, 7) is -1.24. The first kappa shape index (κ1) is 20.8. The minimum Gasteiger partial charge on any atom is -0.435 e. The van der Waals surface area contributed by atoms with Crippen molar-refractivity contribution in [2.45, 2.75) is 24.9 Å². The van der Waals surface area contributed by atoms with Crippen molar-refractivity contribution in [1.29, 1.82) is 0 Å². The molecule has 0 fully saturated rings. The molecule has 0 spiro atoms. The Morgan fingerprint density at radius 3 is 2.33 bits per heavy atom. The maximum atomic E-state index is 12.3. The summed E-state index contributed by atoms with van der Waals surface area (Å²) in [6.07, 6.45) is -0.00139. The van der Waals surface area contributed by atoms with Crippen LogP contribution in [-0.4, -0.2) is 39.3 Å². The Balaban J connectivity index is 2.10.